The van der Waals surface area contributed by atoms with Gasteiger partial charge in [0.1, 0.15) is 61.5 Å². The second-order valence-corrected chi connectivity index (χ2v) is 23.2. The van der Waals surface area contributed by atoms with Gasteiger partial charge in [0.25, 0.3) is 0 Å². The lowest BCUT2D eigenvalue weighted by Gasteiger charge is -2.49. The first kappa shape index (κ1) is 61.1. The summed E-state index contributed by atoms with van der Waals surface area (Å²) in [7, 11) is 0. The predicted octanol–water partition coefficient (Wildman–Crippen LogP) is 2.21. The number of β-amino-alcohol motifs (C(OH)–C–C–N with tert-alkyl or cyclic N) is 1. The van der Waals surface area contributed by atoms with Crippen LogP contribution < -0.4 is 16.4 Å². The monoisotopic (exact) mass is 1150 g/mol. The lowest BCUT2D eigenvalue weighted by molar-refractivity contribution is -0.311. The van der Waals surface area contributed by atoms with Gasteiger partial charge in [0, 0.05) is 19.4 Å². The van der Waals surface area contributed by atoms with E-state index < -0.39 is 164 Å². The number of amides is 3. The molecule has 3 amide bonds. The second-order valence-electron chi connectivity index (χ2n) is 23.2. The molecule has 5 aliphatic heterocycles. The summed E-state index contributed by atoms with van der Waals surface area (Å²) in [6.45, 7) is 5.05. The van der Waals surface area contributed by atoms with Crippen LogP contribution in [0, 0.1) is 11.8 Å². The van der Waals surface area contributed by atoms with Gasteiger partial charge in [0.15, 0.2) is 30.3 Å². The Morgan fingerprint density at radius 2 is 1.28 bits per heavy atom. The summed E-state index contributed by atoms with van der Waals surface area (Å²) in [5, 5.41) is 75.6. The molecule has 1 unspecified atom stereocenters. The van der Waals surface area contributed by atoms with Crippen molar-refractivity contribution < 1.29 is 97.2 Å². The minimum absolute atomic E-state index is 0.0738. The molecule has 3 aromatic carbocycles. The first-order valence-electron chi connectivity index (χ1n) is 28.0. The number of carbonyl (C=O) groups excluding carboxylic acids is 4. The summed E-state index contributed by atoms with van der Waals surface area (Å²) in [4.78, 5) is 54.8. The first-order valence-corrected chi connectivity index (χ1v) is 28.0. The van der Waals surface area contributed by atoms with Crippen molar-refractivity contribution in [2.24, 2.45) is 17.6 Å². The molecule has 1 saturated carbocycles. The molecule has 24 nitrogen and oxygen atoms in total. The molecule has 10 N–H and O–H groups in total. The van der Waals surface area contributed by atoms with Crippen molar-refractivity contribution in [1.82, 2.24) is 15.5 Å². The van der Waals surface area contributed by atoms with Gasteiger partial charge in [-0.3, -0.25) is 4.79 Å². The quantitative estimate of drug-likeness (QED) is 0.0825. The van der Waals surface area contributed by atoms with E-state index in [-0.39, 0.29) is 45.7 Å². The van der Waals surface area contributed by atoms with Crippen molar-refractivity contribution >= 4 is 24.1 Å². The number of ketones is 1. The topological polar surface area (TPSA) is 335 Å². The number of Topliss-reactive ketones (excluding diaryl/α,β-unsaturated/α-hetero) is 1. The van der Waals surface area contributed by atoms with Gasteiger partial charge in [-0.15, -0.1) is 0 Å². The third kappa shape index (κ3) is 14.6. The maximum Gasteiger partial charge on any atom is 0.410 e. The molecular weight excluding hydrogens is 1070 g/mol. The summed E-state index contributed by atoms with van der Waals surface area (Å²) < 4.78 is 61.5. The SMILES string of the molecule is C[C@H]1C[C@@H](CC(=O)C2(O)CN(C(=O)OC(C)(C)C)C2)[C@H](O)[C@@H](O[C@@H]2O[C@H](CO)[C@@H](O[C@H]3O[C@H]4CCC(c5ccccc5)O[C@H]4[C@H](O)[C@H]3NC(=O)OCc3ccccc3)[C@H]2O)[C@@H]1O[C@H]1O[C@H](CN)[C@@H](O)C[C@H]1NC(=O)OCc1ccccc1. The number of fused-ring (bicyclic) bond motifs is 1. The van der Waals surface area contributed by atoms with E-state index in [4.69, 9.17) is 53.1 Å². The number of hydrogen-bond acceptors (Lipinski definition) is 21. The highest BCUT2D eigenvalue weighted by molar-refractivity contribution is 5.90. The van der Waals surface area contributed by atoms with Gasteiger partial charge in [0.05, 0.1) is 62.4 Å². The predicted molar refractivity (Wildman–Crippen MR) is 285 cm³/mol. The summed E-state index contributed by atoms with van der Waals surface area (Å²) in [5.41, 5.74) is 5.54. The van der Waals surface area contributed by atoms with Gasteiger partial charge in [-0.1, -0.05) is 97.9 Å². The molecule has 9 rings (SSSR count). The third-order valence-electron chi connectivity index (χ3n) is 15.9. The number of nitrogens with zero attached hydrogens (tertiary/aromatic N) is 1. The van der Waals surface area contributed by atoms with E-state index in [0.717, 1.165) is 5.56 Å². The molecule has 450 valence electrons. The number of carbonyl (C=O) groups is 4. The van der Waals surface area contributed by atoms with Crippen LogP contribution in [0.1, 0.15) is 82.6 Å². The van der Waals surface area contributed by atoms with Crippen molar-refractivity contribution in [1.29, 1.82) is 0 Å². The number of alkyl carbamates (subject to hydrolysis) is 2. The van der Waals surface area contributed by atoms with Crippen molar-refractivity contribution in [3.8, 4) is 0 Å². The zero-order valence-electron chi connectivity index (χ0n) is 46.3. The molecular formula is C58H78N4O20. The number of nitrogens with one attached hydrogen (secondary N) is 2. The lowest BCUT2D eigenvalue weighted by Crippen LogP contribution is -2.68. The average molecular weight is 1150 g/mol. The van der Waals surface area contributed by atoms with Crippen LogP contribution in [0.15, 0.2) is 91.0 Å². The highest BCUT2D eigenvalue weighted by Gasteiger charge is 2.57. The van der Waals surface area contributed by atoms with Gasteiger partial charge in [0.2, 0.25) is 0 Å². The van der Waals surface area contributed by atoms with Gasteiger partial charge < -0.3 is 99.3 Å². The number of benzene rings is 3. The first-order chi connectivity index (χ1) is 39.2. The molecule has 24 heteroatoms. The number of ether oxygens (including phenoxy) is 10. The summed E-state index contributed by atoms with van der Waals surface area (Å²) in [6.07, 6.45) is -21.2. The Bertz CT molecular complexity index is 2580. The van der Waals surface area contributed by atoms with Crippen molar-refractivity contribution in [2.45, 2.75) is 188 Å². The number of nitrogens with two attached hydrogens (primary N) is 1. The highest BCUT2D eigenvalue weighted by Crippen LogP contribution is 2.43. The van der Waals surface area contributed by atoms with E-state index in [2.05, 4.69) is 10.6 Å². The number of aliphatic hydroxyl groups is 6. The van der Waals surface area contributed by atoms with E-state index in [1.807, 2.05) is 42.5 Å². The van der Waals surface area contributed by atoms with E-state index in [0.29, 0.717) is 24.0 Å². The minimum atomic E-state index is -1.96. The molecule has 5 saturated heterocycles. The second kappa shape index (κ2) is 26.7. The van der Waals surface area contributed by atoms with Crippen LogP contribution in [0.4, 0.5) is 14.4 Å². The Hall–Kier alpha value is -5.42. The van der Waals surface area contributed by atoms with Crippen LogP contribution in [0.25, 0.3) is 0 Å². The van der Waals surface area contributed by atoms with Crippen molar-refractivity contribution in [3.63, 3.8) is 0 Å². The van der Waals surface area contributed by atoms with Crippen LogP contribution in [0.2, 0.25) is 0 Å². The molecule has 5 heterocycles. The summed E-state index contributed by atoms with van der Waals surface area (Å²) in [5.74, 6) is -2.23. The molecule has 0 bridgehead atoms. The molecule has 0 radical (unpaired) electrons. The normalized spacial score (nSPS) is 35.3. The van der Waals surface area contributed by atoms with Crippen LogP contribution in [0.5, 0.6) is 0 Å². The molecule has 6 aliphatic rings. The third-order valence-corrected chi connectivity index (χ3v) is 15.9. The molecule has 3 aromatic rings. The van der Waals surface area contributed by atoms with Crippen LogP contribution in [0.3, 0.4) is 0 Å². The van der Waals surface area contributed by atoms with Crippen LogP contribution in [-0.2, 0) is 65.4 Å². The zero-order chi connectivity index (χ0) is 58.5. The maximum absolute atomic E-state index is 14.0. The van der Waals surface area contributed by atoms with Gasteiger partial charge in [-0.05, 0) is 68.6 Å². The van der Waals surface area contributed by atoms with Crippen LogP contribution >= 0.6 is 0 Å². The Balaban J connectivity index is 0.950. The van der Waals surface area contributed by atoms with Crippen LogP contribution in [-0.4, -0.2) is 195 Å². The lowest BCUT2D eigenvalue weighted by atomic mass is 9.72. The molecule has 0 aromatic heterocycles. The number of rotatable bonds is 18. The smallest absolute Gasteiger partial charge is 0.410 e. The average Bonchev–Trinajstić information content (AvgIpc) is 3.89. The summed E-state index contributed by atoms with van der Waals surface area (Å²) in [6, 6.07) is 24.9. The molecule has 19 atom stereocenters. The Kier molecular flexibility index (Phi) is 19.9. The Morgan fingerprint density at radius 3 is 1.89 bits per heavy atom. The van der Waals surface area contributed by atoms with Gasteiger partial charge in [-0.25, -0.2) is 14.4 Å². The molecule has 82 heavy (non-hydrogen) atoms. The van der Waals surface area contributed by atoms with E-state index >= 15 is 0 Å². The number of hydrogen-bond donors (Lipinski definition) is 9. The van der Waals surface area contributed by atoms with E-state index in [1.54, 1.807) is 76.2 Å². The molecule has 6 fully saturated rings. The van der Waals surface area contributed by atoms with Crippen molar-refractivity contribution in [3.05, 3.63) is 108 Å². The van der Waals surface area contributed by atoms with Gasteiger partial charge in [-0.2, -0.15) is 0 Å². The van der Waals surface area contributed by atoms with Crippen molar-refractivity contribution in [2.75, 3.05) is 26.2 Å². The zero-order valence-corrected chi connectivity index (χ0v) is 46.3. The fourth-order valence-electron chi connectivity index (χ4n) is 11.6. The maximum atomic E-state index is 14.0. The van der Waals surface area contributed by atoms with E-state index in [9.17, 15) is 49.8 Å². The Labute approximate surface area is 475 Å². The highest BCUT2D eigenvalue weighted by atomic mass is 16.8. The van der Waals surface area contributed by atoms with E-state index in [1.165, 1.54) is 4.90 Å². The fraction of sp³-hybridized carbons (Fsp3) is 0.621. The summed E-state index contributed by atoms with van der Waals surface area (Å²) >= 11 is 0. The number of likely N-dealkylation sites (tertiary alicyclic amines) is 1. The molecule has 0 spiro atoms. The largest absolute Gasteiger partial charge is 0.445 e. The minimum Gasteiger partial charge on any atom is -0.445 e. The Morgan fingerprint density at radius 1 is 0.695 bits per heavy atom. The standard InChI is InChI=1S/C58H78N4O20/c1-31-22-35(23-42(65)58(72)29-62(30-58)56(71)82-57(2,3)4)44(66)50(47(31)79-51-36(24-37(64)40(25-59)77-51)60-54(69)73-27-32-14-8-5-9-15-32)81-53-46(68)49(41(26-63)78-53)80-52-43(61-55(70)74-28-33-16-10-6-11-17-33)45(67)48-39(76-52)21-20-38(75-48)34-18-12-7-13-19-34/h5-19,31,35-41,43-53,63-64,66-68,72H,20-30,59H2,1-4H3,(H,60,69)(H,61,70)/t31-,35-,36+,37-,38?,39-,40+,41+,43+,44-,45+,46+,47+,48+,49+,50+,51+,52+,53-/m0/s1. The number of aliphatic hydroxyl groups excluding tert-OH is 5. The van der Waals surface area contributed by atoms with Gasteiger partial charge >= 0.3 is 18.3 Å². The fourth-order valence-corrected chi connectivity index (χ4v) is 11.6. The molecule has 1 aliphatic carbocycles.